The first-order chi connectivity index (χ1) is 9.99. The van der Waals surface area contributed by atoms with Crippen LogP contribution in [0.25, 0.3) is 0 Å². The molecule has 0 aromatic heterocycles. The van der Waals surface area contributed by atoms with Gasteiger partial charge in [-0.2, -0.15) is 0 Å². The number of halogens is 2. The number of nitrogens with one attached hydrogen (secondary N) is 1. The second-order valence-electron chi connectivity index (χ2n) is 5.29. The monoisotopic (exact) mass is 417 g/mol. The van der Waals surface area contributed by atoms with Crippen molar-refractivity contribution in [2.75, 3.05) is 5.32 Å². The summed E-state index contributed by atoms with van der Waals surface area (Å²) in [5.74, 6) is -1.17. The summed E-state index contributed by atoms with van der Waals surface area (Å²) in [5, 5.41) is 12.1. The van der Waals surface area contributed by atoms with E-state index in [2.05, 4.69) is 37.2 Å². The molecule has 0 unspecified atom stereocenters. The highest BCUT2D eigenvalue weighted by atomic mass is 79.9. The van der Waals surface area contributed by atoms with E-state index in [0.29, 0.717) is 14.6 Å². The minimum Gasteiger partial charge on any atom is -0.478 e. The van der Waals surface area contributed by atoms with Gasteiger partial charge in [0.15, 0.2) is 0 Å². The number of rotatable bonds is 3. The Balaban J connectivity index is 2.22. The summed E-state index contributed by atoms with van der Waals surface area (Å²) in [4.78, 5) is 23.7. The summed E-state index contributed by atoms with van der Waals surface area (Å²) < 4.78 is 1.22. The van der Waals surface area contributed by atoms with Gasteiger partial charge in [0.2, 0.25) is 5.91 Å². The quantitative estimate of drug-likeness (QED) is 0.691. The highest BCUT2D eigenvalue weighted by Gasteiger charge is 2.23. The number of carbonyl (C=O) groups excluding carboxylic acids is 1. The lowest BCUT2D eigenvalue weighted by Crippen LogP contribution is -2.23. The average molecular weight is 419 g/mol. The molecule has 1 fully saturated rings. The van der Waals surface area contributed by atoms with Crippen molar-refractivity contribution in [3.05, 3.63) is 26.6 Å². The molecule has 114 valence electrons. The summed E-state index contributed by atoms with van der Waals surface area (Å²) in [6.45, 7) is 0. The largest absolute Gasteiger partial charge is 0.478 e. The molecule has 1 aromatic carbocycles. The van der Waals surface area contributed by atoms with E-state index in [1.807, 2.05) is 0 Å². The van der Waals surface area contributed by atoms with Crippen LogP contribution in [0.1, 0.15) is 48.9 Å². The van der Waals surface area contributed by atoms with Gasteiger partial charge in [0.05, 0.1) is 11.3 Å². The molecule has 0 atom stereocenters. The zero-order chi connectivity index (χ0) is 15.4. The fraction of sp³-hybridized carbons (Fsp3) is 0.467. The van der Waals surface area contributed by atoms with E-state index in [-0.39, 0.29) is 17.4 Å². The molecule has 0 spiro atoms. The predicted octanol–water partition coefficient (Wildman–Crippen LogP) is 4.82. The third-order valence-corrected chi connectivity index (χ3v) is 4.84. The Morgan fingerprint density at radius 3 is 2.29 bits per heavy atom. The third kappa shape index (κ3) is 4.30. The molecule has 0 aliphatic heterocycles. The van der Waals surface area contributed by atoms with Crippen molar-refractivity contribution in [1.82, 2.24) is 0 Å². The second kappa shape index (κ2) is 7.40. The lowest BCUT2D eigenvalue weighted by atomic mass is 9.99. The molecular weight excluding hydrogens is 402 g/mol. The smallest absolute Gasteiger partial charge is 0.337 e. The number of carboxylic acid groups (broad SMARTS) is 1. The highest BCUT2D eigenvalue weighted by molar-refractivity contribution is 9.11. The van der Waals surface area contributed by atoms with Gasteiger partial charge in [0.1, 0.15) is 0 Å². The number of amides is 1. The Labute approximate surface area is 140 Å². The van der Waals surface area contributed by atoms with Gasteiger partial charge >= 0.3 is 5.97 Å². The second-order valence-corrected chi connectivity index (χ2v) is 7.06. The standard InChI is InChI=1S/C15H17Br2NO3/c16-10-7-11(15(20)21)13(12(17)8-10)18-14(19)9-5-3-1-2-4-6-9/h7-9H,1-6H2,(H,18,19)(H,20,21). The number of hydrogen-bond donors (Lipinski definition) is 2. The summed E-state index contributed by atoms with van der Waals surface area (Å²) in [6, 6.07) is 3.23. The molecule has 6 heteroatoms. The van der Waals surface area contributed by atoms with Crippen molar-refractivity contribution in [2.24, 2.45) is 5.92 Å². The van der Waals surface area contributed by atoms with E-state index in [1.165, 1.54) is 18.9 Å². The van der Waals surface area contributed by atoms with Gasteiger partial charge in [-0.3, -0.25) is 4.79 Å². The minimum atomic E-state index is -1.06. The number of hydrogen-bond acceptors (Lipinski definition) is 2. The third-order valence-electron chi connectivity index (χ3n) is 3.76. The number of anilines is 1. The van der Waals surface area contributed by atoms with Crippen molar-refractivity contribution in [1.29, 1.82) is 0 Å². The molecule has 0 radical (unpaired) electrons. The molecule has 1 aliphatic rings. The molecular formula is C15H17Br2NO3. The molecule has 1 saturated carbocycles. The van der Waals surface area contributed by atoms with E-state index in [1.54, 1.807) is 6.07 Å². The predicted molar refractivity (Wildman–Crippen MR) is 88.6 cm³/mol. The van der Waals surface area contributed by atoms with Crippen LogP contribution in [0.3, 0.4) is 0 Å². The SMILES string of the molecule is O=C(O)c1cc(Br)cc(Br)c1NC(=O)C1CCCCCC1. The minimum absolute atomic E-state index is 0.0234. The molecule has 0 heterocycles. The van der Waals surface area contributed by atoms with Crippen LogP contribution < -0.4 is 5.32 Å². The summed E-state index contributed by atoms with van der Waals surface area (Å²) >= 11 is 6.59. The van der Waals surface area contributed by atoms with E-state index in [9.17, 15) is 14.7 Å². The number of aromatic carboxylic acids is 1. The van der Waals surface area contributed by atoms with Crippen LogP contribution in [0.4, 0.5) is 5.69 Å². The van der Waals surface area contributed by atoms with Crippen LogP contribution in [-0.2, 0) is 4.79 Å². The average Bonchev–Trinajstić information content (AvgIpc) is 2.70. The summed E-state index contributed by atoms with van der Waals surface area (Å²) in [6.07, 6.45) is 6.22. The number of carboxylic acids is 1. The lowest BCUT2D eigenvalue weighted by molar-refractivity contribution is -0.120. The van der Waals surface area contributed by atoms with Crippen LogP contribution in [0.5, 0.6) is 0 Å². The first-order valence-electron chi connectivity index (χ1n) is 7.02. The maximum atomic E-state index is 12.4. The Kier molecular flexibility index (Phi) is 5.81. The summed E-state index contributed by atoms with van der Waals surface area (Å²) in [7, 11) is 0. The Morgan fingerprint density at radius 2 is 1.71 bits per heavy atom. The molecule has 21 heavy (non-hydrogen) atoms. The Hall–Kier alpha value is -0.880. The molecule has 4 nitrogen and oxygen atoms in total. The van der Waals surface area contributed by atoms with Crippen molar-refractivity contribution in [3.63, 3.8) is 0 Å². The van der Waals surface area contributed by atoms with E-state index in [4.69, 9.17) is 0 Å². The number of carbonyl (C=O) groups is 2. The van der Waals surface area contributed by atoms with Crippen molar-refractivity contribution >= 4 is 49.4 Å². The molecule has 2 N–H and O–H groups in total. The highest BCUT2D eigenvalue weighted by Crippen LogP contribution is 2.32. The first-order valence-corrected chi connectivity index (χ1v) is 8.61. The van der Waals surface area contributed by atoms with Crippen LogP contribution >= 0.6 is 31.9 Å². The van der Waals surface area contributed by atoms with Gasteiger partial charge in [0.25, 0.3) is 0 Å². The molecule has 0 saturated heterocycles. The van der Waals surface area contributed by atoms with Gasteiger partial charge < -0.3 is 10.4 Å². The normalized spacial score (nSPS) is 16.3. The van der Waals surface area contributed by atoms with E-state index >= 15 is 0 Å². The summed E-state index contributed by atoms with van der Waals surface area (Å²) in [5.41, 5.74) is 0.415. The first kappa shape index (κ1) is 16.5. The molecule has 2 rings (SSSR count). The van der Waals surface area contributed by atoms with Crippen LogP contribution in [0, 0.1) is 5.92 Å². The molecule has 1 aliphatic carbocycles. The van der Waals surface area contributed by atoms with Crippen molar-refractivity contribution < 1.29 is 14.7 Å². The van der Waals surface area contributed by atoms with Gasteiger partial charge in [-0.25, -0.2) is 4.79 Å². The lowest BCUT2D eigenvalue weighted by Gasteiger charge is -2.16. The van der Waals surface area contributed by atoms with Gasteiger partial charge in [-0.15, -0.1) is 0 Å². The fourth-order valence-electron chi connectivity index (χ4n) is 2.64. The number of benzene rings is 1. The molecule has 1 aromatic rings. The topological polar surface area (TPSA) is 66.4 Å². The maximum Gasteiger partial charge on any atom is 0.337 e. The Bertz CT molecular complexity index is 552. The maximum absolute atomic E-state index is 12.4. The van der Waals surface area contributed by atoms with Gasteiger partial charge in [0, 0.05) is 14.9 Å². The van der Waals surface area contributed by atoms with Crippen molar-refractivity contribution in [3.8, 4) is 0 Å². The van der Waals surface area contributed by atoms with Gasteiger partial charge in [-0.1, -0.05) is 41.6 Å². The zero-order valence-electron chi connectivity index (χ0n) is 11.5. The van der Waals surface area contributed by atoms with Crippen LogP contribution in [0.2, 0.25) is 0 Å². The zero-order valence-corrected chi connectivity index (χ0v) is 14.7. The van der Waals surface area contributed by atoms with E-state index < -0.39 is 5.97 Å². The molecule has 1 amide bonds. The van der Waals surface area contributed by atoms with Crippen LogP contribution in [0.15, 0.2) is 21.1 Å². The fourth-order valence-corrected chi connectivity index (χ4v) is 3.96. The van der Waals surface area contributed by atoms with Crippen LogP contribution in [-0.4, -0.2) is 17.0 Å². The Morgan fingerprint density at radius 1 is 1.10 bits per heavy atom. The van der Waals surface area contributed by atoms with Gasteiger partial charge in [-0.05, 0) is 40.9 Å². The van der Waals surface area contributed by atoms with E-state index in [0.717, 1.165) is 25.7 Å². The van der Waals surface area contributed by atoms with Crippen molar-refractivity contribution in [2.45, 2.75) is 38.5 Å². The molecule has 0 bridgehead atoms.